The van der Waals surface area contributed by atoms with E-state index in [2.05, 4.69) is 4.98 Å². The zero-order valence-electron chi connectivity index (χ0n) is 11.9. The molecule has 1 heterocycles. The van der Waals surface area contributed by atoms with Gasteiger partial charge in [0.25, 0.3) is 5.91 Å². The number of nitrogens with zero attached hydrogens (tertiary/aromatic N) is 2. The highest BCUT2D eigenvalue weighted by atomic mass is 35.5. The van der Waals surface area contributed by atoms with Crippen molar-refractivity contribution >= 4 is 17.5 Å². The molecule has 21 heavy (non-hydrogen) atoms. The van der Waals surface area contributed by atoms with Gasteiger partial charge in [-0.3, -0.25) is 9.78 Å². The minimum atomic E-state index is -0.314. The van der Waals surface area contributed by atoms with E-state index in [1.807, 2.05) is 13.8 Å². The van der Waals surface area contributed by atoms with Crippen molar-refractivity contribution in [1.29, 1.82) is 0 Å². The standard InChI is InChI=1S/C16H16ClFN2O/c1-3-20(10-12-5-4-6-13(18)8-12)16(21)14-9-19-11(2)7-15(14)17/h4-9H,3,10H2,1-2H3. The van der Waals surface area contributed by atoms with Crippen molar-refractivity contribution in [3.05, 3.63) is 64.2 Å². The van der Waals surface area contributed by atoms with Gasteiger partial charge in [-0.2, -0.15) is 0 Å². The molecule has 2 rings (SSSR count). The van der Waals surface area contributed by atoms with E-state index >= 15 is 0 Å². The van der Waals surface area contributed by atoms with E-state index in [0.29, 0.717) is 23.7 Å². The first kappa shape index (κ1) is 15.4. The Morgan fingerprint density at radius 2 is 2.14 bits per heavy atom. The zero-order valence-corrected chi connectivity index (χ0v) is 12.7. The lowest BCUT2D eigenvalue weighted by molar-refractivity contribution is 0.0752. The Bertz CT molecular complexity index is 660. The summed E-state index contributed by atoms with van der Waals surface area (Å²) in [6, 6.07) is 7.87. The molecular weight excluding hydrogens is 291 g/mol. The predicted molar refractivity (Wildman–Crippen MR) is 80.8 cm³/mol. The van der Waals surface area contributed by atoms with E-state index in [4.69, 9.17) is 11.6 Å². The van der Waals surface area contributed by atoms with Crippen LogP contribution in [0.1, 0.15) is 28.5 Å². The van der Waals surface area contributed by atoms with Gasteiger partial charge in [0.1, 0.15) is 5.82 Å². The predicted octanol–water partition coefficient (Wildman–Crippen LogP) is 3.84. The van der Waals surface area contributed by atoms with Gasteiger partial charge in [0.05, 0.1) is 10.6 Å². The van der Waals surface area contributed by atoms with Crippen LogP contribution in [0.2, 0.25) is 5.02 Å². The third kappa shape index (κ3) is 3.79. The van der Waals surface area contributed by atoms with Crippen molar-refractivity contribution in [2.45, 2.75) is 20.4 Å². The van der Waals surface area contributed by atoms with Crippen LogP contribution >= 0.6 is 11.6 Å². The fourth-order valence-corrected chi connectivity index (χ4v) is 2.32. The van der Waals surface area contributed by atoms with Gasteiger partial charge in [0.2, 0.25) is 0 Å². The van der Waals surface area contributed by atoms with Gasteiger partial charge in [-0.15, -0.1) is 0 Å². The molecule has 5 heteroatoms. The molecule has 0 saturated carbocycles. The topological polar surface area (TPSA) is 33.2 Å². The molecule has 0 radical (unpaired) electrons. The lowest BCUT2D eigenvalue weighted by Crippen LogP contribution is -2.30. The number of aromatic nitrogens is 1. The number of pyridine rings is 1. The summed E-state index contributed by atoms with van der Waals surface area (Å²) in [5, 5.41) is 0.380. The molecule has 1 aromatic carbocycles. The van der Waals surface area contributed by atoms with Gasteiger partial charge in [-0.05, 0) is 37.6 Å². The molecule has 110 valence electrons. The maximum absolute atomic E-state index is 13.2. The van der Waals surface area contributed by atoms with Gasteiger partial charge in [0, 0.05) is 25.0 Å². The Kier molecular flexibility index (Phi) is 4.91. The Morgan fingerprint density at radius 1 is 1.38 bits per heavy atom. The minimum absolute atomic E-state index is 0.209. The maximum atomic E-state index is 13.2. The number of benzene rings is 1. The number of hydrogen-bond acceptors (Lipinski definition) is 2. The summed E-state index contributed by atoms with van der Waals surface area (Å²) in [6.45, 7) is 4.51. The van der Waals surface area contributed by atoms with Gasteiger partial charge < -0.3 is 4.90 Å². The third-order valence-corrected chi connectivity index (χ3v) is 3.46. The monoisotopic (exact) mass is 306 g/mol. The van der Waals surface area contributed by atoms with Crippen LogP contribution in [0.25, 0.3) is 0 Å². The second kappa shape index (κ2) is 6.68. The lowest BCUT2D eigenvalue weighted by Gasteiger charge is -2.21. The highest BCUT2D eigenvalue weighted by Gasteiger charge is 2.18. The van der Waals surface area contributed by atoms with Crippen molar-refractivity contribution in [3.63, 3.8) is 0 Å². The van der Waals surface area contributed by atoms with Crippen LogP contribution in [-0.4, -0.2) is 22.3 Å². The van der Waals surface area contributed by atoms with Crippen LogP contribution < -0.4 is 0 Å². The summed E-state index contributed by atoms with van der Waals surface area (Å²) in [5.41, 5.74) is 1.85. The smallest absolute Gasteiger partial charge is 0.257 e. The number of rotatable bonds is 4. The normalized spacial score (nSPS) is 10.5. The number of aryl methyl sites for hydroxylation is 1. The molecule has 0 unspecified atom stereocenters. The lowest BCUT2D eigenvalue weighted by atomic mass is 10.1. The molecule has 0 fully saturated rings. The van der Waals surface area contributed by atoms with Crippen LogP contribution in [0.5, 0.6) is 0 Å². The summed E-state index contributed by atoms with van der Waals surface area (Å²) >= 11 is 6.11. The zero-order chi connectivity index (χ0) is 15.4. The van der Waals surface area contributed by atoms with Gasteiger partial charge >= 0.3 is 0 Å². The first-order chi connectivity index (χ1) is 10.0. The fraction of sp³-hybridized carbons (Fsp3) is 0.250. The summed E-state index contributed by atoms with van der Waals surface area (Å²) in [7, 11) is 0. The largest absolute Gasteiger partial charge is 0.335 e. The SMILES string of the molecule is CCN(Cc1cccc(F)c1)C(=O)c1cnc(C)cc1Cl. The Labute approximate surface area is 128 Å². The fourth-order valence-electron chi connectivity index (χ4n) is 2.04. The Hall–Kier alpha value is -1.94. The highest BCUT2D eigenvalue weighted by molar-refractivity contribution is 6.33. The first-order valence-corrected chi connectivity index (χ1v) is 7.05. The van der Waals surface area contributed by atoms with E-state index in [-0.39, 0.29) is 11.7 Å². The number of hydrogen-bond donors (Lipinski definition) is 0. The molecule has 2 aromatic rings. The number of amides is 1. The molecule has 0 bridgehead atoms. The molecule has 3 nitrogen and oxygen atoms in total. The van der Waals surface area contributed by atoms with Crippen LogP contribution in [0.4, 0.5) is 4.39 Å². The first-order valence-electron chi connectivity index (χ1n) is 6.67. The van der Waals surface area contributed by atoms with Crippen molar-refractivity contribution in [3.8, 4) is 0 Å². The average molecular weight is 307 g/mol. The second-order valence-corrected chi connectivity index (χ2v) is 5.16. The van der Waals surface area contributed by atoms with E-state index in [1.54, 1.807) is 23.1 Å². The quantitative estimate of drug-likeness (QED) is 0.859. The molecule has 1 aromatic heterocycles. The van der Waals surface area contributed by atoms with Gasteiger partial charge in [0.15, 0.2) is 0 Å². The van der Waals surface area contributed by atoms with E-state index in [9.17, 15) is 9.18 Å². The molecule has 0 aliphatic heterocycles. The number of carbonyl (C=O) groups excluding carboxylic acids is 1. The summed E-state index contributed by atoms with van der Waals surface area (Å²) in [4.78, 5) is 18.2. The van der Waals surface area contributed by atoms with Crippen LogP contribution in [0, 0.1) is 12.7 Å². The average Bonchev–Trinajstić information content (AvgIpc) is 2.44. The molecular formula is C16H16ClFN2O. The van der Waals surface area contributed by atoms with Crippen LogP contribution in [-0.2, 0) is 6.54 Å². The molecule has 0 N–H and O–H groups in total. The molecule has 0 spiro atoms. The van der Waals surface area contributed by atoms with Crippen LogP contribution in [0.15, 0.2) is 36.5 Å². The van der Waals surface area contributed by atoms with Crippen LogP contribution in [0.3, 0.4) is 0 Å². The van der Waals surface area contributed by atoms with E-state index in [0.717, 1.165) is 11.3 Å². The summed E-state index contributed by atoms with van der Waals surface area (Å²) in [6.07, 6.45) is 1.48. The van der Waals surface area contributed by atoms with E-state index in [1.165, 1.54) is 18.3 Å². The molecule has 1 amide bonds. The molecule has 0 atom stereocenters. The third-order valence-electron chi connectivity index (χ3n) is 3.15. The summed E-state index contributed by atoms with van der Waals surface area (Å²) < 4.78 is 13.2. The second-order valence-electron chi connectivity index (χ2n) is 4.75. The maximum Gasteiger partial charge on any atom is 0.257 e. The summed E-state index contributed by atoms with van der Waals surface area (Å²) in [5.74, 6) is -0.523. The van der Waals surface area contributed by atoms with Gasteiger partial charge in [-0.1, -0.05) is 23.7 Å². The number of carbonyl (C=O) groups is 1. The molecule has 0 aliphatic rings. The molecule has 0 saturated heterocycles. The Morgan fingerprint density at radius 3 is 2.76 bits per heavy atom. The Balaban J connectivity index is 2.22. The van der Waals surface area contributed by atoms with Crippen molar-refractivity contribution in [1.82, 2.24) is 9.88 Å². The van der Waals surface area contributed by atoms with Crippen molar-refractivity contribution < 1.29 is 9.18 Å². The highest BCUT2D eigenvalue weighted by Crippen LogP contribution is 2.19. The van der Waals surface area contributed by atoms with Crippen molar-refractivity contribution in [2.24, 2.45) is 0 Å². The molecule has 0 aliphatic carbocycles. The minimum Gasteiger partial charge on any atom is -0.335 e. The van der Waals surface area contributed by atoms with E-state index < -0.39 is 0 Å². The number of halogens is 2. The van der Waals surface area contributed by atoms with Gasteiger partial charge in [-0.25, -0.2) is 4.39 Å². The van der Waals surface area contributed by atoms with Crippen molar-refractivity contribution in [2.75, 3.05) is 6.54 Å².